The molecule has 0 bridgehead atoms. The standard InChI is InChI=1S/C30H37N7O3/c1-36(30(34)40)19-21-14-16-22(17-15-21)20-37(25(27(31)38)13-8-18-35-29(32)33)28(39)26(23-9-4-2-5-10-23)24-11-6-3-7-12-24/h2-7,9-12,14-17,25-26H,8,13,18-20H2,1H3,(H2,31,38)(H2,34,40)(H4,32,33,35)/t25-/m1/s1. The lowest BCUT2D eigenvalue weighted by molar-refractivity contribution is -0.141. The molecule has 210 valence electrons. The number of benzene rings is 3. The van der Waals surface area contributed by atoms with E-state index < -0.39 is 23.9 Å². The van der Waals surface area contributed by atoms with E-state index >= 15 is 0 Å². The molecule has 0 fully saturated rings. The van der Waals surface area contributed by atoms with Crippen LogP contribution in [0.25, 0.3) is 0 Å². The second-order valence-electron chi connectivity index (χ2n) is 9.60. The van der Waals surface area contributed by atoms with Gasteiger partial charge in [0.2, 0.25) is 11.8 Å². The number of nitrogens with two attached hydrogens (primary N) is 4. The van der Waals surface area contributed by atoms with Gasteiger partial charge in [0.05, 0.1) is 5.92 Å². The third kappa shape index (κ3) is 8.32. The van der Waals surface area contributed by atoms with Crippen LogP contribution in [0, 0.1) is 0 Å². The maximum atomic E-state index is 14.4. The highest BCUT2D eigenvalue weighted by atomic mass is 16.2. The summed E-state index contributed by atoms with van der Waals surface area (Å²) in [5.74, 6) is -1.55. The molecule has 4 amide bonds. The Balaban J connectivity index is 1.99. The predicted octanol–water partition coefficient (Wildman–Crippen LogP) is 2.27. The lowest BCUT2D eigenvalue weighted by atomic mass is 9.89. The molecule has 3 aromatic rings. The first-order valence-corrected chi connectivity index (χ1v) is 13.0. The second-order valence-corrected chi connectivity index (χ2v) is 9.60. The Hall–Kier alpha value is -4.86. The first kappa shape index (κ1) is 29.7. The van der Waals surface area contributed by atoms with E-state index in [1.807, 2.05) is 84.9 Å². The van der Waals surface area contributed by atoms with Gasteiger partial charge in [0.25, 0.3) is 0 Å². The highest BCUT2D eigenvalue weighted by Crippen LogP contribution is 2.29. The van der Waals surface area contributed by atoms with Crippen molar-refractivity contribution in [1.82, 2.24) is 9.80 Å². The maximum absolute atomic E-state index is 14.4. The molecule has 1 atom stereocenters. The van der Waals surface area contributed by atoms with E-state index in [0.29, 0.717) is 19.5 Å². The minimum Gasteiger partial charge on any atom is -0.370 e. The van der Waals surface area contributed by atoms with Gasteiger partial charge >= 0.3 is 6.03 Å². The van der Waals surface area contributed by atoms with Crippen LogP contribution in [0.3, 0.4) is 0 Å². The van der Waals surface area contributed by atoms with E-state index in [0.717, 1.165) is 22.3 Å². The van der Waals surface area contributed by atoms with Crippen LogP contribution in [-0.4, -0.2) is 53.2 Å². The molecule has 0 unspecified atom stereocenters. The number of aliphatic imine (C=N–C) groups is 1. The van der Waals surface area contributed by atoms with Gasteiger partial charge in [-0.1, -0.05) is 84.9 Å². The van der Waals surface area contributed by atoms with Crippen LogP contribution in [0.5, 0.6) is 0 Å². The number of carbonyl (C=O) groups excluding carboxylic acids is 3. The molecule has 3 rings (SSSR count). The van der Waals surface area contributed by atoms with Gasteiger partial charge in [0, 0.05) is 26.7 Å². The Bertz CT molecular complexity index is 1250. The molecule has 0 aliphatic rings. The third-order valence-corrected chi connectivity index (χ3v) is 6.60. The Morgan fingerprint density at radius 1 is 0.750 bits per heavy atom. The summed E-state index contributed by atoms with van der Waals surface area (Å²) in [5.41, 5.74) is 25.4. The summed E-state index contributed by atoms with van der Waals surface area (Å²) in [6.45, 7) is 0.797. The number of hydrogen-bond donors (Lipinski definition) is 4. The van der Waals surface area contributed by atoms with E-state index in [1.54, 1.807) is 11.9 Å². The molecule has 0 heterocycles. The molecule has 40 heavy (non-hydrogen) atoms. The minimum absolute atomic E-state index is 0.0427. The van der Waals surface area contributed by atoms with Gasteiger partial charge in [-0.05, 0) is 35.1 Å². The fourth-order valence-electron chi connectivity index (χ4n) is 4.52. The Labute approximate surface area is 234 Å². The van der Waals surface area contributed by atoms with Crippen molar-refractivity contribution in [3.63, 3.8) is 0 Å². The molecule has 3 aromatic carbocycles. The van der Waals surface area contributed by atoms with Gasteiger partial charge in [-0.3, -0.25) is 14.6 Å². The zero-order valence-corrected chi connectivity index (χ0v) is 22.6. The number of carbonyl (C=O) groups is 3. The lowest BCUT2D eigenvalue weighted by Gasteiger charge is -2.33. The minimum atomic E-state index is -0.891. The van der Waals surface area contributed by atoms with Crippen LogP contribution in [0.15, 0.2) is 89.9 Å². The summed E-state index contributed by atoms with van der Waals surface area (Å²) in [7, 11) is 1.61. The van der Waals surface area contributed by atoms with Crippen molar-refractivity contribution in [1.29, 1.82) is 0 Å². The van der Waals surface area contributed by atoms with Crippen molar-refractivity contribution >= 4 is 23.8 Å². The molecule has 10 heteroatoms. The van der Waals surface area contributed by atoms with Gasteiger partial charge in [-0.2, -0.15) is 0 Å². The second kappa shape index (κ2) is 14.3. The highest BCUT2D eigenvalue weighted by Gasteiger charge is 2.34. The zero-order chi connectivity index (χ0) is 29.1. The summed E-state index contributed by atoms with van der Waals surface area (Å²) in [6, 6.07) is 24.9. The van der Waals surface area contributed by atoms with Crippen molar-refractivity contribution in [3.05, 3.63) is 107 Å². The lowest BCUT2D eigenvalue weighted by Crippen LogP contribution is -2.49. The predicted molar refractivity (Wildman–Crippen MR) is 156 cm³/mol. The Kier molecular flexibility index (Phi) is 10.6. The van der Waals surface area contributed by atoms with Crippen LogP contribution in [0.1, 0.15) is 41.0 Å². The van der Waals surface area contributed by atoms with E-state index in [2.05, 4.69) is 4.99 Å². The summed E-state index contributed by atoms with van der Waals surface area (Å²) in [5, 5.41) is 0. The number of primary amides is 2. The fourth-order valence-corrected chi connectivity index (χ4v) is 4.52. The highest BCUT2D eigenvalue weighted by molar-refractivity contribution is 5.92. The molecule has 0 saturated carbocycles. The summed E-state index contributed by atoms with van der Waals surface area (Å²) >= 11 is 0. The van der Waals surface area contributed by atoms with E-state index in [9.17, 15) is 14.4 Å². The Morgan fingerprint density at radius 2 is 1.25 bits per heavy atom. The van der Waals surface area contributed by atoms with E-state index in [1.165, 1.54) is 4.90 Å². The monoisotopic (exact) mass is 543 g/mol. The van der Waals surface area contributed by atoms with Crippen molar-refractivity contribution in [2.45, 2.75) is 37.9 Å². The third-order valence-electron chi connectivity index (χ3n) is 6.60. The van der Waals surface area contributed by atoms with Crippen molar-refractivity contribution in [2.24, 2.45) is 27.9 Å². The summed E-state index contributed by atoms with van der Waals surface area (Å²) in [6.07, 6.45) is 0.741. The van der Waals surface area contributed by atoms with E-state index in [4.69, 9.17) is 22.9 Å². The Morgan fingerprint density at radius 3 is 1.70 bits per heavy atom. The average molecular weight is 544 g/mol. The first-order valence-electron chi connectivity index (χ1n) is 13.0. The number of hydrogen-bond acceptors (Lipinski definition) is 4. The smallest absolute Gasteiger partial charge is 0.314 e. The maximum Gasteiger partial charge on any atom is 0.314 e. The van der Waals surface area contributed by atoms with Gasteiger partial charge < -0.3 is 32.7 Å². The SMILES string of the molecule is CN(Cc1ccc(CN(C(=O)C(c2ccccc2)c2ccccc2)[C@H](CCCN=C(N)N)C(N)=O)cc1)C(N)=O. The zero-order valence-electron chi connectivity index (χ0n) is 22.6. The number of rotatable bonds is 13. The van der Waals surface area contributed by atoms with Crippen molar-refractivity contribution in [2.75, 3.05) is 13.6 Å². The average Bonchev–Trinajstić information content (AvgIpc) is 2.94. The topological polar surface area (TPSA) is 174 Å². The number of guanidine groups is 1. The molecule has 10 nitrogen and oxygen atoms in total. The van der Waals surface area contributed by atoms with Gasteiger partial charge in [-0.25, -0.2) is 4.79 Å². The molecule has 0 spiro atoms. The molecule has 0 aliphatic carbocycles. The molecule has 0 saturated heterocycles. The molecule has 0 aliphatic heterocycles. The normalized spacial score (nSPS) is 11.4. The molecule has 8 N–H and O–H groups in total. The first-order chi connectivity index (χ1) is 19.2. The molecular weight excluding hydrogens is 506 g/mol. The quantitative estimate of drug-likeness (QED) is 0.147. The largest absolute Gasteiger partial charge is 0.370 e. The van der Waals surface area contributed by atoms with Gasteiger partial charge in [0.15, 0.2) is 5.96 Å². The number of amides is 4. The van der Waals surface area contributed by atoms with Crippen molar-refractivity contribution in [3.8, 4) is 0 Å². The van der Waals surface area contributed by atoms with Crippen LogP contribution in [-0.2, 0) is 22.7 Å². The number of urea groups is 1. The van der Waals surface area contributed by atoms with Gasteiger partial charge in [0.1, 0.15) is 6.04 Å². The van der Waals surface area contributed by atoms with Crippen LogP contribution in [0.4, 0.5) is 4.79 Å². The molecule has 0 radical (unpaired) electrons. The van der Waals surface area contributed by atoms with Crippen LogP contribution >= 0.6 is 0 Å². The molecular formula is C30H37N7O3. The van der Waals surface area contributed by atoms with Crippen LogP contribution < -0.4 is 22.9 Å². The fraction of sp³-hybridized carbons (Fsp3) is 0.267. The summed E-state index contributed by atoms with van der Waals surface area (Å²) in [4.78, 5) is 45.6. The summed E-state index contributed by atoms with van der Waals surface area (Å²) < 4.78 is 0. The molecule has 0 aromatic heterocycles. The van der Waals surface area contributed by atoms with Crippen molar-refractivity contribution < 1.29 is 14.4 Å². The van der Waals surface area contributed by atoms with E-state index in [-0.39, 0.29) is 24.8 Å². The number of nitrogens with zero attached hydrogens (tertiary/aromatic N) is 3. The van der Waals surface area contributed by atoms with Crippen LogP contribution in [0.2, 0.25) is 0 Å². The van der Waals surface area contributed by atoms with Gasteiger partial charge in [-0.15, -0.1) is 0 Å².